The van der Waals surface area contributed by atoms with E-state index in [9.17, 15) is 19.7 Å². The molecule has 0 radical (unpaired) electrons. The van der Waals surface area contributed by atoms with E-state index in [1.165, 1.54) is 16.0 Å². The monoisotopic (exact) mass is 394 g/mol. The number of rotatable bonds is 5. The Balaban J connectivity index is 1.85. The summed E-state index contributed by atoms with van der Waals surface area (Å²) in [6.45, 7) is 3.88. The lowest BCUT2D eigenvalue weighted by atomic mass is 10.1. The van der Waals surface area contributed by atoms with Crippen molar-refractivity contribution in [1.82, 2.24) is 4.90 Å². The number of aryl methyl sites for hydroxylation is 2. The quantitative estimate of drug-likeness (QED) is 0.574. The number of para-hydroxylation sites is 1. The molecule has 0 saturated carbocycles. The van der Waals surface area contributed by atoms with Crippen molar-refractivity contribution in [2.24, 2.45) is 5.10 Å². The number of nitro benzene ring substituents is 1. The molecule has 0 spiro atoms. The maximum absolute atomic E-state index is 12.9. The fourth-order valence-electron chi connectivity index (χ4n) is 3.21. The number of carbonyl (C=O) groups excluding carboxylic acids is 2. The molecule has 0 aliphatic carbocycles. The van der Waals surface area contributed by atoms with Gasteiger partial charge in [-0.05, 0) is 31.0 Å². The van der Waals surface area contributed by atoms with Gasteiger partial charge < -0.3 is 4.90 Å². The van der Waals surface area contributed by atoms with E-state index in [-0.39, 0.29) is 42.6 Å². The number of nitro groups is 1. The van der Waals surface area contributed by atoms with E-state index in [1.807, 2.05) is 32.0 Å². The average Bonchev–Trinajstić information content (AvgIpc) is 2.70. The van der Waals surface area contributed by atoms with Crippen molar-refractivity contribution in [1.29, 1.82) is 0 Å². The number of hydrazone groups is 1. The van der Waals surface area contributed by atoms with E-state index in [0.717, 1.165) is 11.1 Å². The van der Waals surface area contributed by atoms with Crippen LogP contribution in [0.4, 0.5) is 11.4 Å². The third-order valence-corrected chi connectivity index (χ3v) is 4.81. The maximum atomic E-state index is 12.9. The molecule has 0 fully saturated rings. The predicted molar refractivity (Wildman–Crippen MR) is 110 cm³/mol. The number of hydrogen-bond donors (Lipinski definition) is 0. The van der Waals surface area contributed by atoms with Gasteiger partial charge in [0.15, 0.2) is 0 Å². The predicted octanol–water partition coefficient (Wildman–Crippen LogP) is 3.35. The first kappa shape index (κ1) is 20.2. The molecule has 0 unspecified atom stereocenters. The number of hydrogen-bond acceptors (Lipinski definition) is 5. The SMILES string of the molecule is Cc1ccc(C)c(N2N=C(C(=O)N(C)Cc3ccccc3[N+](=O)[O-])CCC2=O)c1. The molecule has 0 atom stereocenters. The molecule has 0 bridgehead atoms. The molecule has 0 saturated heterocycles. The molecule has 2 amide bonds. The van der Waals surface area contributed by atoms with Gasteiger partial charge in [0.05, 0.1) is 17.2 Å². The molecular weight excluding hydrogens is 372 g/mol. The van der Waals surface area contributed by atoms with Crippen molar-refractivity contribution in [3.8, 4) is 0 Å². The summed E-state index contributed by atoms with van der Waals surface area (Å²) in [4.78, 5) is 37.5. The molecule has 1 aliphatic rings. The third kappa shape index (κ3) is 4.31. The second-order valence-corrected chi connectivity index (χ2v) is 7.09. The molecule has 2 aromatic carbocycles. The Morgan fingerprint density at radius 3 is 2.66 bits per heavy atom. The van der Waals surface area contributed by atoms with E-state index in [0.29, 0.717) is 11.3 Å². The van der Waals surface area contributed by atoms with Gasteiger partial charge in [0.1, 0.15) is 5.71 Å². The Kier molecular flexibility index (Phi) is 5.72. The maximum Gasteiger partial charge on any atom is 0.274 e. The Morgan fingerprint density at radius 1 is 1.21 bits per heavy atom. The van der Waals surface area contributed by atoms with Gasteiger partial charge in [-0.15, -0.1) is 0 Å². The first-order valence-corrected chi connectivity index (χ1v) is 9.23. The van der Waals surface area contributed by atoms with Crippen molar-refractivity contribution in [3.05, 3.63) is 69.3 Å². The van der Waals surface area contributed by atoms with Crippen LogP contribution in [0.5, 0.6) is 0 Å². The molecule has 2 aromatic rings. The van der Waals surface area contributed by atoms with Gasteiger partial charge in [0.2, 0.25) is 5.91 Å². The minimum atomic E-state index is -0.466. The van der Waals surface area contributed by atoms with Gasteiger partial charge in [-0.1, -0.05) is 30.3 Å². The van der Waals surface area contributed by atoms with Crippen LogP contribution in [0.2, 0.25) is 0 Å². The summed E-state index contributed by atoms with van der Waals surface area (Å²) in [6, 6.07) is 12.0. The normalized spacial score (nSPS) is 13.8. The van der Waals surface area contributed by atoms with E-state index in [1.54, 1.807) is 25.2 Å². The van der Waals surface area contributed by atoms with Crippen molar-refractivity contribution in [2.75, 3.05) is 12.1 Å². The fraction of sp³-hybridized carbons (Fsp3) is 0.286. The first-order chi connectivity index (χ1) is 13.8. The fourth-order valence-corrected chi connectivity index (χ4v) is 3.21. The van der Waals surface area contributed by atoms with Gasteiger partial charge in [-0.2, -0.15) is 5.10 Å². The number of benzene rings is 2. The van der Waals surface area contributed by atoms with Gasteiger partial charge >= 0.3 is 0 Å². The Bertz CT molecular complexity index is 1020. The van der Waals surface area contributed by atoms with Crippen molar-refractivity contribution in [2.45, 2.75) is 33.2 Å². The van der Waals surface area contributed by atoms with Crippen LogP contribution in [0, 0.1) is 24.0 Å². The minimum Gasteiger partial charge on any atom is -0.336 e. The molecule has 29 heavy (non-hydrogen) atoms. The van der Waals surface area contributed by atoms with Gasteiger partial charge in [0, 0.05) is 31.5 Å². The number of nitrogens with zero attached hydrogens (tertiary/aromatic N) is 4. The zero-order valence-electron chi connectivity index (χ0n) is 16.6. The summed E-state index contributed by atoms with van der Waals surface area (Å²) in [7, 11) is 1.57. The van der Waals surface area contributed by atoms with Crippen LogP contribution in [0.3, 0.4) is 0 Å². The van der Waals surface area contributed by atoms with E-state index in [2.05, 4.69) is 5.10 Å². The number of amides is 2. The zero-order valence-corrected chi connectivity index (χ0v) is 16.6. The van der Waals surface area contributed by atoms with Crippen molar-refractivity contribution >= 4 is 28.9 Å². The van der Waals surface area contributed by atoms with Crippen LogP contribution in [0.1, 0.15) is 29.5 Å². The number of carbonyl (C=O) groups is 2. The second kappa shape index (κ2) is 8.22. The lowest BCUT2D eigenvalue weighted by Gasteiger charge is -2.26. The van der Waals surface area contributed by atoms with E-state index in [4.69, 9.17) is 0 Å². The van der Waals surface area contributed by atoms with Crippen LogP contribution in [-0.2, 0) is 16.1 Å². The Morgan fingerprint density at radius 2 is 1.93 bits per heavy atom. The smallest absolute Gasteiger partial charge is 0.274 e. The summed E-state index contributed by atoms with van der Waals surface area (Å²) in [5.41, 5.74) is 3.18. The minimum absolute atomic E-state index is 0.0371. The summed E-state index contributed by atoms with van der Waals surface area (Å²) in [5.74, 6) is -0.525. The molecule has 8 nitrogen and oxygen atoms in total. The summed E-state index contributed by atoms with van der Waals surface area (Å²) >= 11 is 0. The zero-order chi connectivity index (χ0) is 21.1. The molecule has 3 rings (SSSR count). The van der Waals surface area contributed by atoms with Gasteiger partial charge in [0.25, 0.3) is 11.6 Å². The van der Waals surface area contributed by atoms with Gasteiger partial charge in [-0.3, -0.25) is 19.7 Å². The molecule has 0 aromatic heterocycles. The standard InChI is InChI=1S/C21H22N4O4/c1-14-8-9-15(2)19(12-14)24-20(26)11-10-17(22-24)21(27)23(3)13-16-6-4-5-7-18(16)25(28)29/h4-9,12H,10-11,13H2,1-3H3. The van der Waals surface area contributed by atoms with Gasteiger partial charge in [-0.25, -0.2) is 5.01 Å². The molecule has 0 N–H and O–H groups in total. The van der Waals surface area contributed by atoms with E-state index >= 15 is 0 Å². The lowest BCUT2D eigenvalue weighted by molar-refractivity contribution is -0.385. The van der Waals surface area contributed by atoms with Crippen molar-refractivity contribution in [3.63, 3.8) is 0 Å². The first-order valence-electron chi connectivity index (χ1n) is 9.23. The second-order valence-electron chi connectivity index (χ2n) is 7.09. The average molecular weight is 394 g/mol. The highest BCUT2D eigenvalue weighted by molar-refractivity contribution is 6.40. The van der Waals surface area contributed by atoms with Crippen LogP contribution >= 0.6 is 0 Å². The molecular formula is C21H22N4O4. The lowest BCUT2D eigenvalue weighted by Crippen LogP contribution is -2.40. The molecule has 150 valence electrons. The number of anilines is 1. The highest BCUT2D eigenvalue weighted by Crippen LogP contribution is 2.26. The van der Waals surface area contributed by atoms with E-state index < -0.39 is 4.92 Å². The van der Waals surface area contributed by atoms with Crippen LogP contribution < -0.4 is 5.01 Å². The summed E-state index contributed by atoms with van der Waals surface area (Å²) < 4.78 is 0. The largest absolute Gasteiger partial charge is 0.336 e. The highest BCUT2D eigenvalue weighted by atomic mass is 16.6. The topological polar surface area (TPSA) is 96.1 Å². The Labute approximate surface area is 168 Å². The highest BCUT2D eigenvalue weighted by Gasteiger charge is 2.28. The summed E-state index contributed by atoms with van der Waals surface area (Å²) in [6.07, 6.45) is 0.414. The Hall–Kier alpha value is -3.55. The molecule has 8 heteroatoms. The molecule has 1 heterocycles. The third-order valence-electron chi connectivity index (χ3n) is 4.81. The van der Waals surface area contributed by atoms with Crippen LogP contribution in [-0.4, -0.2) is 34.4 Å². The summed E-state index contributed by atoms with van der Waals surface area (Å²) in [5, 5.41) is 16.8. The van der Waals surface area contributed by atoms with Crippen molar-refractivity contribution < 1.29 is 14.5 Å². The molecule has 1 aliphatic heterocycles. The van der Waals surface area contributed by atoms with Crippen LogP contribution in [0.25, 0.3) is 0 Å². The van der Waals surface area contributed by atoms with Crippen LogP contribution in [0.15, 0.2) is 47.6 Å².